The van der Waals surface area contributed by atoms with Crippen molar-refractivity contribution < 1.29 is 4.43 Å². The SMILES string of the molecule is CCO[Si](CC)(CC)CC(C)(CCCN(C)C)CCCN(C)C. The molecule has 0 heterocycles. The van der Waals surface area contributed by atoms with Gasteiger partial charge in [0.15, 0.2) is 8.32 Å². The lowest BCUT2D eigenvalue weighted by Crippen LogP contribution is -2.42. The van der Waals surface area contributed by atoms with Crippen LogP contribution in [-0.2, 0) is 4.43 Å². The van der Waals surface area contributed by atoms with E-state index in [1.165, 1.54) is 56.9 Å². The van der Waals surface area contributed by atoms with Crippen molar-refractivity contribution in [3.63, 3.8) is 0 Å². The van der Waals surface area contributed by atoms with E-state index in [4.69, 9.17) is 4.43 Å². The molecule has 0 spiro atoms. The Kier molecular flexibility index (Phi) is 11.7. The first kappa shape index (κ1) is 23.1. The highest BCUT2D eigenvalue weighted by Gasteiger charge is 2.39. The summed E-state index contributed by atoms with van der Waals surface area (Å²) in [5.41, 5.74) is 0.444. The van der Waals surface area contributed by atoms with Crippen molar-refractivity contribution in [1.29, 1.82) is 0 Å². The molecule has 140 valence electrons. The summed E-state index contributed by atoms with van der Waals surface area (Å²) in [4.78, 5) is 4.63. The summed E-state index contributed by atoms with van der Waals surface area (Å²) >= 11 is 0. The van der Waals surface area contributed by atoms with Crippen LogP contribution in [0.4, 0.5) is 0 Å². The molecule has 3 nitrogen and oxygen atoms in total. The molecule has 0 N–H and O–H groups in total. The van der Waals surface area contributed by atoms with Crippen molar-refractivity contribution >= 4 is 8.32 Å². The summed E-state index contributed by atoms with van der Waals surface area (Å²) < 4.78 is 6.40. The molecule has 0 aromatic carbocycles. The van der Waals surface area contributed by atoms with Gasteiger partial charge in [-0.3, -0.25) is 0 Å². The van der Waals surface area contributed by atoms with E-state index in [0.29, 0.717) is 5.41 Å². The molecule has 0 aromatic rings. The Morgan fingerprint density at radius 3 is 1.57 bits per heavy atom. The lowest BCUT2D eigenvalue weighted by atomic mass is 9.82. The summed E-state index contributed by atoms with van der Waals surface area (Å²) in [6.45, 7) is 12.7. The average molecular weight is 345 g/mol. The summed E-state index contributed by atoms with van der Waals surface area (Å²) in [5.74, 6) is 0. The fourth-order valence-corrected chi connectivity index (χ4v) is 7.82. The molecule has 0 aromatic heterocycles. The molecule has 0 unspecified atom stereocenters. The summed E-state index contributed by atoms with van der Waals surface area (Å²) in [7, 11) is 7.16. The molecule has 0 atom stereocenters. The van der Waals surface area contributed by atoms with Gasteiger partial charge in [0.05, 0.1) is 0 Å². The van der Waals surface area contributed by atoms with E-state index in [1.54, 1.807) is 0 Å². The Morgan fingerprint density at radius 1 is 0.826 bits per heavy atom. The van der Waals surface area contributed by atoms with Gasteiger partial charge in [0.1, 0.15) is 0 Å². The number of rotatable bonds is 14. The largest absolute Gasteiger partial charge is 0.417 e. The van der Waals surface area contributed by atoms with Gasteiger partial charge in [-0.15, -0.1) is 0 Å². The summed E-state index contributed by atoms with van der Waals surface area (Å²) in [6.07, 6.45) is 5.27. The molecule has 0 rings (SSSR count). The predicted octanol–water partition coefficient (Wildman–Crippen LogP) is 4.70. The molecule has 4 heteroatoms. The van der Waals surface area contributed by atoms with Crippen molar-refractivity contribution in [3.8, 4) is 0 Å². The van der Waals surface area contributed by atoms with Crippen molar-refractivity contribution in [1.82, 2.24) is 9.80 Å². The Bertz CT molecular complexity index is 277. The van der Waals surface area contributed by atoms with Crippen LogP contribution in [0.3, 0.4) is 0 Å². The second-order valence-corrected chi connectivity index (χ2v) is 12.5. The zero-order valence-corrected chi connectivity index (χ0v) is 18.4. The third-order valence-electron chi connectivity index (χ3n) is 5.26. The van der Waals surface area contributed by atoms with Gasteiger partial charge in [-0.05, 0) is 97.4 Å². The van der Waals surface area contributed by atoms with Crippen LogP contribution >= 0.6 is 0 Å². The number of hydrogen-bond acceptors (Lipinski definition) is 3. The van der Waals surface area contributed by atoms with Gasteiger partial charge in [-0.1, -0.05) is 20.8 Å². The third-order valence-corrected chi connectivity index (χ3v) is 10.2. The van der Waals surface area contributed by atoms with E-state index >= 15 is 0 Å². The van der Waals surface area contributed by atoms with Crippen molar-refractivity contribution in [2.24, 2.45) is 5.41 Å². The van der Waals surface area contributed by atoms with E-state index < -0.39 is 8.32 Å². The van der Waals surface area contributed by atoms with E-state index in [0.717, 1.165) is 6.61 Å². The van der Waals surface area contributed by atoms with Gasteiger partial charge in [0, 0.05) is 6.61 Å². The van der Waals surface area contributed by atoms with E-state index in [1.807, 2.05) is 0 Å². The second-order valence-electron chi connectivity index (χ2n) is 8.12. The van der Waals surface area contributed by atoms with Gasteiger partial charge in [-0.25, -0.2) is 0 Å². The molecule has 0 aliphatic carbocycles. The average Bonchev–Trinajstić information content (AvgIpc) is 2.46. The lowest BCUT2D eigenvalue weighted by Gasteiger charge is -2.40. The van der Waals surface area contributed by atoms with Crippen LogP contribution in [0, 0.1) is 5.41 Å². The molecular weight excluding hydrogens is 300 g/mol. The zero-order chi connectivity index (χ0) is 17.9. The van der Waals surface area contributed by atoms with Gasteiger partial charge in [-0.2, -0.15) is 0 Å². The molecule has 0 radical (unpaired) electrons. The normalized spacial score (nSPS) is 13.3. The second kappa shape index (κ2) is 11.6. The van der Waals surface area contributed by atoms with Gasteiger partial charge in [0.25, 0.3) is 0 Å². The molecule has 0 fully saturated rings. The maximum atomic E-state index is 6.40. The van der Waals surface area contributed by atoms with Crippen LogP contribution in [0.5, 0.6) is 0 Å². The lowest BCUT2D eigenvalue weighted by molar-refractivity contribution is 0.232. The Labute approximate surface area is 147 Å². The third kappa shape index (κ3) is 9.85. The molecule has 0 saturated heterocycles. The van der Waals surface area contributed by atoms with Gasteiger partial charge < -0.3 is 14.2 Å². The Morgan fingerprint density at radius 2 is 1.26 bits per heavy atom. The topological polar surface area (TPSA) is 15.7 Å². The van der Waals surface area contributed by atoms with Gasteiger partial charge in [0.2, 0.25) is 0 Å². The van der Waals surface area contributed by atoms with Crippen LogP contribution in [0.25, 0.3) is 0 Å². The fraction of sp³-hybridized carbons (Fsp3) is 1.00. The monoisotopic (exact) mass is 344 g/mol. The molecule has 23 heavy (non-hydrogen) atoms. The molecule has 0 amide bonds. The minimum absolute atomic E-state index is 0.444. The van der Waals surface area contributed by atoms with Crippen LogP contribution < -0.4 is 0 Å². The van der Waals surface area contributed by atoms with Crippen molar-refractivity contribution in [2.75, 3.05) is 47.9 Å². The van der Waals surface area contributed by atoms with Crippen LogP contribution in [0.1, 0.15) is 53.4 Å². The standard InChI is InChI=1S/C19H44N2OSi/c1-9-22-23(10-2,11-3)18-19(4,14-12-16-20(5)6)15-13-17-21(7)8/h9-18H2,1-8H3. The summed E-state index contributed by atoms with van der Waals surface area (Å²) in [6, 6.07) is 3.85. The molecule has 0 saturated carbocycles. The molecular formula is C19H44N2OSi. The van der Waals surface area contributed by atoms with E-state index in [-0.39, 0.29) is 0 Å². The van der Waals surface area contributed by atoms with Gasteiger partial charge >= 0.3 is 0 Å². The van der Waals surface area contributed by atoms with Crippen LogP contribution in [-0.4, -0.2) is 66.0 Å². The fourth-order valence-electron chi connectivity index (χ4n) is 3.79. The number of hydrogen-bond donors (Lipinski definition) is 0. The maximum absolute atomic E-state index is 6.40. The first-order valence-electron chi connectivity index (χ1n) is 9.66. The quantitative estimate of drug-likeness (QED) is 0.425. The maximum Gasteiger partial charge on any atom is 0.192 e. The van der Waals surface area contributed by atoms with Crippen LogP contribution in [0.2, 0.25) is 18.1 Å². The summed E-state index contributed by atoms with van der Waals surface area (Å²) in [5, 5.41) is 0. The Hall–Kier alpha value is 0.0969. The number of nitrogens with zero attached hydrogens (tertiary/aromatic N) is 2. The Balaban J connectivity index is 4.90. The minimum Gasteiger partial charge on any atom is -0.417 e. The minimum atomic E-state index is -1.56. The van der Waals surface area contributed by atoms with E-state index in [2.05, 4.69) is 65.7 Å². The smallest absolute Gasteiger partial charge is 0.192 e. The van der Waals surface area contributed by atoms with Crippen LogP contribution in [0.15, 0.2) is 0 Å². The highest BCUT2D eigenvalue weighted by atomic mass is 28.4. The molecule has 0 aliphatic rings. The predicted molar refractivity (Wildman–Crippen MR) is 107 cm³/mol. The van der Waals surface area contributed by atoms with Crippen molar-refractivity contribution in [3.05, 3.63) is 0 Å². The zero-order valence-electron chi connectivity index (χ0n) is 17.4. The van der Waals surface area contributed by atoms with E-state index in [9.17, 15) is 0 Å². The highest BCUT2D eigenvalue weighted by Crippen LogP contribution is 2.41. The molecule has 0 aliphatic heterocycles. The highest BCUT2D eigenvalue weighted by molar-refractivity contribution is 6.73. The van der Waals surface area contributed by atoms with Crippen molar-refractivity contribution in [2.45, 2.75) is 71.5 Å². The first-order valence-corrected chi connectivity index (χ1v) is 12.2. The molecule has 0 bridgehead atoms. The first-order chi connectivity index (χ1) is 10.7.